The number of likely N-dealkylation sites (tertiary alicyclic amines) is 1. The average molecular weight is 464 g/mol. The van der Waals surface area contributed by atoms with Crippen molar-refractivity contribution < 1.29 is 23.1 Å². The van der Waals surface area contributed by atoms with Crippen molar-refractivity contribution in [3.63, 3.8) is 0 Å². The molecule has 1 aromatic carbocycles. The zero-order valence-corrected chi connectivity index (χ0v) is 20.0. The van der Waals surface area contributed by atoms with Crippen molar-refractivity contribution in [1.82, 2.24) is 14.6 Å². The highest BCUT2D eigenvalue weighted by atomic mass is 32.2. The summed E-state index contributed by atoms with van der Waals surface area (Å²) in [6.07, 6.45) is 3.43. The Morgan fingerprint density at radius 2 is 2.03 bits per heavy atom. The zero-order valence-electron chi connectivity index (χ0n) is 19.2. The smallest absolute Gasteiger partial charge is 0.270 e. The van der Waals surface area contributed by atoms with Gasteiger partial charge in [-0.15, -0.1) is 0 Å². The molecule has 9 heteroatoms. The van der Waals surface area contributed by atoms with E-state index in [0.29, 0.717) is 38.0 Å². The molecule has 176 valence electrons. The van der Waals surface area contributed by atoms with Crippen LogP contribution in [-0.2, 0) is 21.2 Å². The van der Waals surface area contributed by atoms with Crippen LogP contribution in [0.3, 0.4) is 0 Å². The number of rotatable bonds is 4. The highest BCUT2D eigenvalue weighted by Gasteiger charge is 2.49. The van der Waals surface area contributed by atoms with Gasteiger partial charge < -0.3 is 19.7 Å². The number of aliphatic hydroxyl groups is 1. The van der Waals surface area contributed by atoms with Gasteiger partial charge in [-0.3, -0.25) is 4.79 Å². The number of piperidine rings is 1. The number of carbonyl (C=O) groups is 1. The average Bonchev–Trinajstić information content (AvgIpc) is 3.08. The second-order valence-electron chi connectivity index (χ2n) is 9.65. The molecule has 1 spiro atoms. The molecule has 8 nitrogen and oxygen atoms in total. The van der Waals surface area contributed by atoms with E-state index in [0.717, 1.165) is 34.7 Å². The molecule has 3 N–H and O–H groups in total. The van der Waals surface area contributed by atoms with E-state index in [1.165, 1.54) is 0 Å². The van der Waals surface area contributed by atoms with Gasteiger partial charge in [0.15, 0.2) is 0 Å². The number of hydrogen-bond acceptors (Lipinski definition) is 5. The van der Waals surface area contributed by atoms with E-state index in [1.807, 2.05) is 24.0 Å². The fraction of sp³-hybridized carbons (Fsp3) is 0.609. The van der Waals surface area contributed by atoms with Crippen LogP contribution >= 0.6 is 0 Å². The van der Waals surface area contributed by atoms with Crippen LogP contribution in [0.15, 0.2) is 18.2 Å². The maximum atomic E-state index is 13.4. The topological polar surface area (TPSA) is 112 Å². The molecule has 1 aromatic heterocycles. The van der Waals surface area contributed by atoms with Crippen LogP contribution in [-0.4, -0.2) is 72.5 Å². The van der Waals surface area contributed by atoms with Gasteiger partial charge in [0.05, 0.1) is 24.5 Å². The molecule has 4 rings (SSSR count). The Bertz CT molecular complexity index is 1130. The van der Waals surface area contributed by atoms with Crippen LogP contribution in [0.4, 0.5) is 0 Å². The summed E-state index contributed by atoms with van der Waals surface area (Å²) in [6.45, 7) is 6.78. The van der Waals surface area contributed by atoms with E-state index in [4.69, 9.17) is 4.74 Å². The molecule has 0 aliphatic carbocycles. The predicted molar refractivity (Wildman–Crippen MR) is 123 cm³/mol. The Labute approximate surface area is 189 Å². The number of nitrogens with one attached hydrogen (secondary N) is 2. The molecular weight excluding hydrogens is 430 g/mol. The van der Waals surface area contributed by atoms with E-state index in [2.05, 4.69) is 22.7 Å². The molecule has 2 aliphatic rings. The van der Waals surface area contributed by atoms with E-state index in [-0.39, 0.29) is 12.5 Å². The maximum Gasteiger partial charge on any atom is 0.270 e. The van der Waals surface area contributed by atoms with Crippen molar-refractivity contribution in [1.29, 1.82) is 0 Å². The summed E-state index contributed by atoms with van der Waals surface area (Å²) in [5.74, 6) is -0.0147. The molecule has 2 atom stereocenters. The second kappa shape index (κ2) is 8.13. The van der Waals surface area contributed by atoms with Gasteiger partial charge in [0, 0.05) is 24.0 Å². The quantitative estimate of drug-likeness (QED) is 0.643. The lowest BCUT2D eigenvalue weighted by atomic mass is 9.78. The molecule has 2 aliphatic heterocycles. The van der Waals surface area contributed by atoms with E-state index < -0.39 is 27.3 Å². The lowest BCUT2D eigenvalue weighted by Gasteiger charge is -2.50. The van der Waals surface area contributed by atoms with Crippen molar-refractivity contribution in [3.05, 3.63) is 35.0 Å². The molecule has 32 heavy (non-hydrogen) atoms. The number of amides is 1. The Hall–Kier alpha value is -1.94. The van der Waals surface area contributed by atoms with Crippen molar-refractivity contribution >= 4 is 26.8 Å². The minimum absolute atomic E-state index is 0.0147. The van der Waals surface area contributed by atoms with Gasteiger partial charge in [-0.05, 0) is 57.2 Å². The monoisotopic (exact) mass is 463 g/mol. The van der Waals surface area contributed by atoms with Crippen molar-refractivity contribution in [2.45, 2.75) is 63.7 Å². The summed E-state index contributed by atoms with van der Waals surface area (Å²) in [7, 11) is -3.47. The highest BCUT2D eigenvalue weighted by Crippen LogP contribution is 2.39. The van der Waals surface area contributed by atoms with E-state index >= 15 is 0 Å². The highest BCUT2D eigenvalue weighted by molar-refractivity contribution is 7.88. The number of nitrogens with zero attached hydrogens (tertiary/aromatic N) is 1. The van der Waals surface area contributed by atoms with Gasteiger partial charge in [-0.25, -0.2) is 13.1 Å². The van der Waals surface area contributed by atoms with Gasteiger partial charge >= 0.3 is 0 Å². The van der Waals surface area contributed by atoms with Crippen molar-refractivity contribution in [3.8, 4) is 0 Å². The first-order valence-corrected chi connectivity index (χ1v) is 13.1. The fourth-order valence-corrected chi connectivity index (χ4v) is 5.87. The summed E-state index contributed by atoms with van der Waals surface area (Å²) < 4.78 is 32.2. The second-order valence-corrected chi connectivity index (χ2v) is 11.4. The maximum absolute atomic E-state index is 13.4. The molecular formula is C23H33N3O5S. The normalized spacial score (nSPS) is 26.0. The summed E-state index contributed by atoms with van der Waals surface area (Å²) >= 11 is 0. The zero-order chi connectivity index (χ0) is 23.3. The van der Waals surface area contributed by atoms with Crippen LogP contribution in [0.5, 0.6) is 0 Å². The van der Waals surface area contributed by atoms with Gasteiger partial charge in [0.1, 0.15) is 11.3 Å². The van der Waals surface area contributed by atoms with E-state index in [1.54, 1.807) is 6.92 Å². The minimum Gasteiger partial charge on any atom is -0.386 e. The number of benzene rings is 1. The van der Waals surface area contributed by atoms with Crippen molar-refractivity contribution in [2.75, 3.05) is 26.0 Å². The van der Waals surface area contributed by atoms with Gasteiger partial charge in [-0.1, -0.05) is 18.6 Å². The Morgan fingerprint density at radius 3 is 2.66 bits per heavy atom. The Morgan fingerprint density at radius 1 is 1.34 bits per heavy atom. The largest absolute Gasteiger partial charge is 0.386 e. The molecule has 0 bridgehead atoms. The minimum atomic E-state index is -3.47. The van der Waals surface area contributed by atoms with Crippen molar-refractivity contribution in [2.24, 2.45) is 0 Å². The number of aromatic nitrogens is 1. The molecule has 1 amide bonds. The number of hydrogen-bond donors (Lipinski definition) is 3. The summed E-state index contributed by atoms with van der Waals surface area (Å²) in [6, 6.07) is 5.54. The summed E-state index contributed by atoms with van der Waals surface area (Å²) in [4.78, 5) is 18.5. The Balaban J connectivity index is 1.50. The molecule has 2 saturated heterocycles. The van der Waals surface area contributed by atoms with E-state index in [9.17, 15) is 18.3 Å². The first-order chi connectivity index (χ1) is 14.9. The molecule has 0 radical (unpaired) electrons. The van der Waals surface area contributed by atoms with Crippen LogP contribution < -0.4 is 4.72 Å². The number of sulfonamides is 1. The number of H-pyrrole nitrogens is 1. The van der Waals surface area contributed by atoms with Crippen LogP contribution in [0.1, 0.15) is 54.7 Å². The van der Waals surface area contributed by atoms with Gasteiger partial charge in [0.2, 0.25) is 10.0 Å². The SMILES string of the molecule is CCc1c(C(=O)N2CCC3(CC2)C[C@H](NS(C)(=O)=O)[C@@](C)(O)CO3)[nH]c2ccc(C)cc12. The van der Waals surface area contributed by atoms with Crippen LogP contribution in [0.25, 0.3) is 10.9 Å². The first-order valence-electron chi connectivity index (χ1n) is 11.2. The third-order valence-corrected chi connectivity index (χ3v) is 7.66. The standard InChI is InChI=1S/C23H33N3O5S/c1-5-16-17-12-15(2)6-7-18(17)24-20(16)21(27)26-10-8-23(9-11-26)13-19(25-32(4,29)30)22(3,28)14-31-23/h6-7,12,19,24-25,28H,5,8-11,13-14H2,1-4H3/t19-,22-/m0/s1. The number of ether oxygens (including phenoxy) is 1. The fourth-order valence-electron chi connectivity index (χ4n) is 5.01. The van der Waals surface area contributed by atoms with Crippen LogP contribution in [0, 0.1) is 6.92 Å². The number of carbonyl (C=O) groups excluding carboxylic acids is 1. The third-order valence-electron chi connectivity index (χ3n) is 6.94. The molecule has 2 fully saturated rings. The number of fused-ring (bicyclic) bond motifs is 1. The number of aryl methyl sites for hydroxylation is 2. The lowest BCUT2D eigenvalue weighted by molar-refractivity contribution is -0.187. The molecule has 2 aromatic rings. The van der Waals surface area contributed by atoms with Gasteiger partial charge in [-0.2, -0.15) is 0 Å². The number of aromatic amines is 1. The third kappa shape index (κ3) is 4.44. The summed E-state index contributed by atoms with van der Waals surface area (Å²) in [5.41, 5.74) is 1.99. The predicted octanol–water partition coefficient (Wildman–Crippen LogP) is 2.10. The summed E-state index contributed by atoms with van der Waals surface area (Å²) in [5, 5.41) is 11.7. The molecule has 3 heterocycles. The molecule has 0 unspecified atom stereocenters. The Kier molecular flexibility index (Phi) is 5.90. The lowest BCUT2D eigenvalue weighted by Crippen LogP contribution is -2.64. The van der Waals surface area contributed by atoms with Crippen LogP contribution in [0.2, 0.25) is 0 Å². The molecule has 0 saturated carbocycles. The first kappa shape index (κ1) is 23.2. The van der Waals surface area contributed by atoms with Gasteiger partial charge in [0.25, 0.3) is 5.91 Å².